The average Bonchev–Trinajstić information content (AvgIpc) is 3.78. The highest BCUT2D eigenvalue weighted by atomic mass is 19.1. The minimum absolute atomic E-state index is 0.0103. The summed E-state index contributed by atoms with van der Waals surface area (Å²) in [6, 6.07) is 8.95. The van der Waals surface area contributed by atoms with Crippen LogP contribution in [0, 0.1) is 34.3 Å². The maximum atomic E-state index is 16.2. The van der Waals surface area contributed by atoms with Crippen LogP contribution in [0.3, 0.4) is 0 Å². The van der Waals surface area contributed by atoms with E-state index in [4.69, 9.17) is 14.2 Å². The van der Waals surface area contributed by atoms with Gasteiger partial charge in [0.15, 0.2) is 24.0 Å². The van der Waals surface area contributed by atoms with E-state index in [0.717, 1.165) is 11.0 Å². The van der Waals surface area contributed by atoms with Gasteiger partial charge in [-0.15, -0.1) is 0 Å². The van der Waals surface area contributed by atoms with Crippen molar-refractivity contribution in [3.05, 3.63) is 83.2 Å². The van der Waals surface area contributed by atoms with Crippen LogP contribution in [0.2, 0.25) is 0 Å². The first-order chi connectivity index (χ1) is 26.7. The molecule has 16 heteroatoms. The number of aromatic nitrogens is 3. The molecule has 1 saturated heterocycles. The lowest BCUT2D eigenvalue weighted by Crippen LogP contribution is -2.54. The maximum absolute atomic E-state index is 16.2. The first-order valence-electron chi connectivity index (χ1n) is 17.7. The van der Waals surface area contributed by atoms with Gasteiger partial charge in [-0.25, -0.2) is 23.5 Å². The number of esters is 2. The zero-order valence-corrected chi connectivity index (χ0v) is 32.6. The first-order valence-corrected chi connectivity index (χ1v) is 17.7. The molecule has 0 aliphatic carbocycles. The number of methoxy groups -OCH3 is 1. The molecule has 0 unspecified atom stereocenters. The van der Waals surface area contributed by atoms with Gasteiger partial charge in [-0.3, -0.25) is 23.9 Å². The zero-order chi connectivity index (χ0) is 41.6. The van der Waals surface area contributed by atoms with Crippen molar-refractivity contribution in [3.63, 3.8) is 0 Å². The molecule has 2 aliphatic rings. The van der Waals surface area contributed by atoms with Gasteiger partial charge in [0.2, 0.25) is 5.54 Å². The zero-order valence-electron chi connectivity index (χ0n) is 32.6. The van der Waals surface area contributed by atoms with Crippen molar-refractivity contribution >= 4 is 29.8 Å². The molecule has 0 radical (unpaired) electrons. The van der Waals surface area contributed by atoms with E-state index in [-0.39, 0.29) is 40.4 Å². The number of hydrogen-bond donors (Lipinski definition) is 1. The first kappa shape index (κ1) is 40.0. The minimum Gasteiger partial charge on any atom is -0.494 e. The van der Waals surface area contributed by atoms with Gasteiger partial charge in [0.1, 0.15) is 11.5 Å². The third-order valence-electron chi connectivity index (χ3n) is 9.13. The van der Waals surface area contributed by atoms with E-state index < -0.39 is 71.1 Å². The fraction of sp³-hybridized carbons (Fsp3) is 0.341. The number of nitrogens with zero attached hydrogens (tertiary/aromatic N) is 5. The highest BCUT2D eigenvalue weighted by molar-refractivity contribution is 6.10. The van der Waals surface area contributed by atoms with E-state index in [9.17, 15) is 24.0 Å². The second kappa shape index (κ2) is 14.8. The second-order valence-corrected chi connectivity index (χ2v) is 15.7. The van der Waals surface area contributed by atoms with Gasteiger partial charge < -0.3 is 24.4 Å². The minimum atomic E-state index is -2.13. The maximum Gasteiger partial charge on any atom is 0.328 e. The van der Waals surface area contributed by atoms with E-state index >= 15 is 8.78 Å². The number of urea groups is 1. The standard InChI is InChI=1S/C41H40F2N6O8/c1-39(2,3)36(52)56-22-49-35(51)41(46-38(49)54,21-48-20-24-10-13-29(55-8)32(43)31(24)34(48)50)16-15-23-9-11-26(27(42)17-23)33-30(57-37(53)40(4,5)6)14-12-28(45-33)25-18-44-47(7)19-25/h9-14,17-19H,20-22H2,1-8H3,(H,46,54)/t41-/m1/s1. The Morgan fingerprint density at radius 3 is 2.30 bits per heavy atom. The summed E-state index contributed by atoms with van der Waals surface area (Å²) in [5, 5.41) is 6.70. The van der Waals surface area contributed by atoms with Crippen LogP contribution < -0.4 is 14.8 Å². The van der Waals surface area contributed by atoms with Crippen molar-refractivity contribution in [2.24, 2.45) is 17.9 Å². The van der Waals surface area contributed by atoms with Crippen LogP contribution in [0.4, 0.5) is 13.6 Å². The largest absolute Gasteiger partial charge is 0.494 e. The Labute approximate surface area is 327 Å². The summed E-state index contributed by atoms with van der Waals surface area (Å²) in [7, 11) is 2.99. The summed E-state index contributed by atoms with van der Waals surface area (Å²) < 4.78 is 48.9. The predicted octanol–water partition coefficient (Wildman–Crippen LogP) is 5.23. The van der Waals surface area contributed by atoms with E-state index in [1.807, 2.05) is 0 Å². The summed E-state index contributed by atoms with van der Waals surface area (Å²) in [6.07, 6.45) is 3.30. The van der Waals surface area contributed by atoms with E-state index in [2.05, 4.69) is 27.2 Å². The molecule has 2 aliphatic heterocycles. The third-order valence-corrected chi connectivity index (χ3v) is 9.13. The number of ether oxygens (including phenoxy) is 3. The van der Waals surface area contributed by atoms with Crippen molar-refractivity contribution in [1.29, 1.82) is 0 Å². The second-order valence-electron chi connectivity index (χ2n) is 15.7. The lowest BCUT2D eigenvalue weighted by molar-refractivity contribution is -0.158. The number of rotatable bonds is 8. The molecule has 2 aromatic carbocycles. The van der Waals surface area contributed by atoms with Crippen molar-refractivity contribution in [1.82, 2.24) is 29.9 Å². The number of benzene rings is 2. The molecule has 4 heterocycles. The van der Waals surface area contributed by atoms with E-state index in [1.54, 1.807) is 71.7 Å². The van der Waals surface area contributed by atoms with Gasteiger partial charge in [0.25, 0.3) is 11.8 Å². The number of nitrogens with one attached hydrogen (secondary N) is 1. The molecule has 57 heavy (non-hydrogen) atoms. The smallest absolute Gasteiger partial charge is 0.328 e. The SMILES string of the molecule is COc1ccc2c(c1F)C(=O)N(C[C@@]1(C#Cc3ccc(-c4nc(-c5cnn(C)c5)ccc4OC(=O)C(C)(C)C)c(F)c3)NC(=O)N(COC(=O)C(C)(C)C)C1=O)C2. The number of amides is 4. The van der Waals surface area contributed by atoms with Crippen molar-refractivity contribution in [2.45, 2.75) is 53.6 Å². The normalized spacial score (nSPS) is 16.6. The number of carbonyl (C=O) groups is 5. The molecule has 0 bridgehead atoms. The molecule has 14 nitrogen and oxygen atoms in total. The summed E-state index contributed by atoms with van der Waals surface area (Å²) in [5.74, 6) is 0.656. The van der Waals surface area contributed by atoms with Crippen LogP contribution in [-0.4, -0.2) is 80.3 Å². The third kappa shape index (κ3) is 7.91. The average molecular weight is 783 g/mol. The van der Waals surface area contributed by atoms with Crippen LogP contribution in [0.15, 0.2) is 54.9 Å². The van der Waals surface area contributed by atoms with Gasteiger partial charge >= 0.3 is 18.0 Å². The van der Waals surface area contributed by atoms with E-state index in [0.29, 0.717) is 21.7 Å². The van der Waals surface area contributed by atoms with Crippen LogP contribution in [0.25, 0.3) is 22.5 Å². The Hall–Kier alpha value is -6.63. The number of imide groups is 1. The number of fused-ring (bicyclic) bond motifs is 1. The quantitative estimate of drug-likeness (QED) is 0.142. The van der Waals surface area contributed by atoms with Gasteiger partial charge in [0.05, 0.1) is 41.9 Å². The summed E-state index contributed by atoms with van der Waals surface area (Å²) in [5.41, 5.74) is -2.78. The van der Waals surface area contributed by atoms with Crippen LogP contribution in [0.5, 0.6) is 11.5 Å². The summed E-state index contributed by atoms with van der Waals surface area (Å²) in [4.78, 5) is 72.8. The fourth-order valence-corrected chi connectivity index (χ4v) is 5.93. The molecule has 1 N–H and O–H groups in total. The molecule has 0 saturated carbocycles. The molecule has 0 spiro atoms. The molecular formula is C41H40F2N6O8. The van der Waals surface area contributed by atoms with Crippen LogP contribution >= 0.6 is 0 Å². The Morgan fingerprint density at radius 2 is 1.67 bits per heavy atom. The number of hydrogen-bond acceptors (Lipinski definition) is 10. The van der Waals surface area contributed by atoms with Gasteiger partial charge in [0, 0.05) is 36.5 Å². The predicted molar refractivity (Wildman–Crippen MR) is 200 cm³/mol. The Morgan fingerprint density at radius 1 is 0.965 bits per heavy atom. The van der Waals surface area contributed by atoms with Crippen LogP contribution in [-0.2, 0) is 32.7 Å². The molecule has 1 fully saturated rings. The molecule has 1 atom stereocenters. The molecule has 4 amide bonds. The number of pyridine rings is 1. The molecule has 2 aromatic heterocycles. The Bertz CT molecular complexity index is 2400. The molecule has 4 aromatic rings. The number of carbonyl (C=O) groups excluding carboxylic acids is 5. The van der Waals surface area contributed by atoms with Gasteiger partial charge in [-0.2, -0.15) is 5.10 Å². The number of halogens is 2. The lowest BCUT2D eigenvalue weighted by atomic mass is 9.97. The Balaban J connectivity index is 1.37. The van der Waals surface area contributed by atoms with Crippen molar-refractivity contribution in [2.75, 3.05) is 20.4 Å². The monoisotopic (exact) mass is 782 g/mol. The number of aryl methyl sites for hydroxylation is 1. The van der Waals surface area contributed by atoms with Gasteiger partial charge in [-0.05, 0) is 83.5 Å². The molecule has 296 valence electrons. The lowest BCUT2D eigenvalue weighted by Gasteiger charge is -2.27. The summed E-state index contributed by atoms with van der Waals surface area (Å²) >= 11 is 0. The van der Waals surface area contributed by atoms with Crippen molar-refractivity contribution < 1.29 is 47.0 Å². The van der Waals surface area contributed by atoms with Gasteiger partial charge in [-0.1, -0.05) is 17.9 Å². The topological polar surface area (TPSA) is 162 Å². The molecular weight excluding hydrogens is 742 g/mol. The van der Waals surface area contributed by atoms with Crippen LogP contribution in [0.1, 0.15) is 63.0 Å². The Kier molecular flexibility index (Phi) is 10.4. The summed E-state index contributed by atoms with van der Waals surface area (Å²) in [6.45, 7) is 8.40. The highest BCUT2D eigenvalue weighted by Crippen LogP contribution is 2.36. The fourth-order valence-electron chi connectivity index (χ4n) is 5.93. The van der Waals surface area contributed by atoms with E-state index in [1.165, 1.54) is 37.4 Å². The van der Waals surface area contributed by atoms with Crippen molar-refractivity contribution in [3.8, 4) is 45.9 Å². The molecule has 6 rings (SSSR count). The highest BCUT2D eigenvalue weighted by Gasteiger charge is 2.53.